The van der Waals surface area contributed by atoms with Crippen LogP contribution < -0.4 is 33.7 Å². The Morgan fingerprint density at radius 3 is 2.52 bits per heavy atom. The molecule has 58 heavy (non-hydrogen) atoms. The third kappa shape index (κ3) is 5.32. The predicted octanol–water partition coefficient (Wildman–Crippen LogP) is 4.64. The van der Waals surface area contributed by atoms with Crippen LogP contribution in [0.15, 0.2) is 18.2 Å². The fraction of sp³-hybridized carbons (Fsp3) is 0.535. The highest BCUT2D eigenvalue weighted by Gasteiger charge is 2.61. The van der Waals surface area contributed by atoms with Crippen molar-refractivity contribution >= 4 is 23.7 Å². The van der Waals surface area contributed by atoms with Gasteiger partial charge in [-0.15, -0.1) is 11.8 Å². The molecule has 3 aromatic carbocycles. The summed E-state index contributed by atoms with van der Waals surface area (Å²) in [6.07, 6.45) is 3.36. The summed E-state index contributed by atoms with van der Waals surface area (Å²) < 4.78 is 43.0. The molecule has 2 unspecified atom stereocenters. The van der Waals surface area contributed by atoms with Crippen molar-refractivity contribution in [3.8, 4) is 40.2 Å². The first-order valence-corrected chi connectivity index (χ1v) is 21.1. The van der Waals surface area contributed by atoms with Crippen molar-refractivity contribution in [1.29, 1.82) is 0 Å². The number of carbonyl (C=O) groups is 2. The van der Waals surface area contributed by atoms with Crippen LogP contribution in [0.3, 0.4) is 0 Å². The molecule has 2 saturated heterocycles. The highest BCUT2D eigenvalue weighted by Crippen LogP contribution is 2.64. The van der Waals surface area contributed by atoms with E-state index in [0.29, 0.717) is 70.6 Å². The number of aryl methyl sites for hydroxylation is 1. The number of aliphatic hydroxyl groups is 1. The van der Waals surface area contributed by atoms with E-state index < -0.39 is 47.1 Å². The standard InChI is InChI=1S/C43H49N3O11S/c1-19-12-23-13-26-41(49)46-27-16-53-42(50)43(25-15-28(51-5)29(57-24-8-7-9-24)14-22(25)10-11-44-43)17-58-40(34(46)33(45(26)4)30(23)35(48)36(19)52-6)32-31(27)39-38(54-18-55-39)20(2)37(32)56-21(3)47/h12,14-15,24,26-27,33-34,40-41,44,48-49H,7-11,13,16-18H2,1-6H3/t26?,27-,33?,34+,40+,41-,43+/m0/s1. The van der Waals surface area contributed by atoms with Crippen molar-refractivity contribution in [2.45, 2.75) is 100 Å². The molecule has 0 amide bonds. The summed E-state index contributed by atoms with van der Waals surface area (Å²) in [4.78, 5) is 32.1. The van der Waals surface area contributed by atoms with E-state index in [4.69, 9.17) is 33.2 Å². The number of nitrogens with one attached hydrogen (secondary N) is 1. The number of esters is 2. The van der Waals surface area contributed by atoms with Gasteiger partial charge < -0.3 is 43.4 Å². The molecule has 4 bridgehead atoms. The number of nitrogens with zero attached hydrogens (tertiary/aromatic N) is 2. The first-order chi connectivity index (χ1) is 28.0. The van der Waals surface area contributed by atoms with Gasteiger partial charge >= 0.3 is 11.9 Å². The molecule has 308 valence electrons. The van der Waals surface area contributed by atoms with E-state index in [1.54, 1.807) is 14.2 Å². The molecule has 3 aromatic rings. The van der Waals surface area contributed by atoms with Crippen LogP contribution in [0, 0.1) is 13.8 Å². The Balaban J connectivity index is 1.20. The number of piperazine rings is 1. The van der Waals surface area contributed by atoms with Gasteiger partial charge in [-0.05, 0) is 87.4 Å². The molecular weight excluding hydrogens is 767 g/mol. The van der Waals surface area contributed by atoms with Crippen LogP contribution in [-0.4, -0.2) is 103 Å². The molecule has 15 heteroatoms. The van der Waals surface area contributed by atoms with Crippen molar-refractivity contribution < 1.29 is 53.0 Å². The van der Waals surface area contributed by atoms with Crippen LogP contribution >= 0.6 is 11.8 Å². The van der Waals surface area contributed by atoms with Gasteiger partial charge in [0.2, 0.25) is 6.79 Å². The first kappa shape index (κ1) is 37.8. The third-order valence-electron chi connectivity index (χ3n) is 13.6. The van der Waals surface area contributed by atoms with Gasteiger partial charge in [-0.25, -0.2) is 4.79 Å². The fourth-order valence-corrected chi connectivity index (χ4v) is 12.4. The van der Waals surface area contributed by atoms with Gasteiger partial charge in [-0.3, -0.25) is 19.9 Å². The maximum absolute atomic E-state index is 14.9. The monoisotopic (exact) mass is 815 g/mol. The number of phenolic OH excluding ortho intramolecular Hbond substituents is 1. The second-order valence-corrected chi connectivity index (χ2v) is 17.7. The summed E-state index contributed by atoms with van der Waals surface area (Å²) in [6.45, 7) is 5.44. The van der Waals surface area contributed by atoms with Crippen molar-refractivity contribution in [2.24, 2.45) is 0 Å². The van der Waals surface area contributed by atoms with Crippen molar-refractivity contribution in [2.75, 3.05) is 47.0 Å². The van der Waals surface area contributed by atoms with Crippen LogP contribution in [0.5, 0.6) is 40.2 Å². The number of fused-ring (bicyclic) bond motifs is 9. The summed E-state index contributed by atoms with van der Waals surface area (Å²) in [7, 11) is 5.14. The van der Waals surface area contributed by atoms with E-state index in [-0.39, 0.29) is 37.0 Å². The summed E-state index contributed by atoms with van der Waals surface area (Å²) >= 11 is 1.52. The number of methoxy groups -OCH3 is 2. The number of aromatic hydroxyl groups is 1. The van der Waals surface area contributed by atoms with Crippen molar-refractivity contribution in [3.63, 3.8) is 0 Å². The van der Waals surface area contributed by atoms with Gasteiger partial charge in [-0.1, -0.05) is 6.07 Å². The lowest BCUT2D eigenvalue weighted by Gasteiger charge is -2.62. The van der Waals surface area contributed by atoms with Gasteiger partial charge in [0.1, 0.15) is 18.6 Å². The zero-order valence-electron chi connectivity index (χ0n) is 33.5. The maximum Gasteiger partial charge on any atom is 0.331 e. The SMILES string of the molecule is COc1cc2c(cc1OC1CCC1)CCN[C@]21CS[C@@H]2c3c(OC(C)=O)c(C)c4c(c3[C@H](COC1=O)N1[C@@H]2C2c3c(cc(C)c(OC)c3O)CC([C@@H]1O)N2C)OCO4. The van der Waals surface area contributed by atoms with Crippen LogP contribution in [0.2, 0.25) is 0 Å². The number of aliphatic hydroxyl groups excluding tert-OH is 1. The van der Waals surface area contributed by atoms with E-state index in [1.807, 2.05) is 44.0 Å². The zero-order chi connectivity index (χ0) is 40.4. The summed E-state index contributed by atoms with van der Waals surface area (Å²) in [5.74, 6) is 2.19. The summed E-state index contributed by atoms with van der Waals surface area (Å²) in [5, 5.41) is 27.8. The molecule has 3 N–H and O–H groups in total. The van der Waals surface area contributed by atoms with Crippen LogP contribution in [0.1, 0.15) is 88.0 Å². The van der Waals surface area contributed by atoms with Crippen LogP contribution in [0.4, 0.5) is 0 Å². The average molecular weight is 816 g/mol. The Kier molecular flexibility index (Phi) is 9.02. The van der Waals surface area contributed by atoms with Gasteiger partial charge in [0, 0.05) is 47.5 Å². The minimum Gasteiger partial charge on any atom is -0.504 e. The molecule has 8 aliphatic rings. The normalized spacial score (nSPS) is 29.7. The van der Waals surface area contributed by atoms with Crippen molar-refractivity contribution in [1.82, 2.24) is 15.1 Å². The smallest absolute Gasteiger partial charge is 0.331 e. The molecule has 7 atom stereocenters. The third-order valence-corrected chi connectivity index (χ3v) is 15.1. The molecular formula is C43H49N3O11S. The lowest BCUT2D eigenvalue weighted by Crippen LogP contribution is -2.70. The molecule has 0 aromatic heterocycles. The van der Waals surface area contributed by atoms with Crippen LogP contribution in [0.25, 0.3) is 0 Å². The number of phenols is 1. The molecule has 7 heterocycles. The van der Waals surface area contributed by atoms with Gasteiger partial charge in [0.15, 0.2) is 40.0 Å². The number of likely N-dealkylation sites (N-methyl/N-ethyl adjacent to an activating group) is 1. The minimum atomic E-state index is -1.30. The number of hydrogen-bond donors (Lipinski definition) is 3. The predicted molar refractivity (Wildman–Crippen MR) is 211 cm³/mol. The molecule has 1 saturated carbocycles. The lowest BCUT2D eigenvalue weighted by atomic mass is 9.73. The summed E-state index contributed by atoms with van der Waals surface area (Å²) in [5.41, 5.74) is 4.85. The first-order valence-electron chi connectivity index (χ1n) is 20.1. The molecule has 1 spiro atoms. The molecule has 0 radical (unpaired) electrons. The van der Waals surface area contributed by atoms with Gasteiger partial charge in [0.25, 0.3) is 0 Å². The van der Waals surface area contributed by atoms with E-state index in [1.165, 1.54) is 18.7 Å². The van der Waals surface area contributed by atoms with Crippen molar-refractivity contribution in [3.05, 3.63) is 62.7 Å². The minimum absolute atomic E-state index is 0.0467. The van der Waals surface area contributed by atoms with Gasteiger partial charge in [-0.2, -0.15) is 0 Å². The molecule has 14 nitrogen and oxygen atoms in total. The number of ether oxygens (including phenoxy) is 7. The fourth-order valence-electron chi connectivity index (χ4n) is 10.7. The van der Waals surface area contributed by atoms with Crippen LogP contribution in [-0.2, 0) is 32.7 Å². The topological polar surface area (TPSA) is 158 Å². The number of carbonyl (C=O) groups excluding carboxylic acids is 2. The highest BCUT2D eigenvalue weighted by molar-refractivity contribution is 7.99. The van der Waals surface area contributed by atoms with E-state index in [0.717, 1.165) is 47.1 Å². The van der Waals surface area contributed by atoms with E-state index in [9.17, 15) is 19.8 Å². The van der Waals surface area contributed by atoms with Gasteiger partial charge in [0.05, 0.1) is 43.7 Å². The molecule has 1 aliphatic carbocycles. The molecule has 3 fully saturated rings. The quantitative estimate of drug-likeness (QED) is 0.242. The second kappa shape index (κ2) is 13.8. The number of rotatable bonds is 5. The largest absolute Gasteiger partial charge is 0.504 e. The number of hydrogen-bond acceptors (Lipinski definition) is 15. The Hall–Kier alpha value is -4.41. The van der Waals surface area contributed by atoms with E-state index in [2.05, 4.69) is 10.2 Å². The Labute approximate surface area is 341 Å². The molecule has 11 rings (SSSR count). The lowest BCUT2D eigenvalue weighted by molar-refractivity contribution is -0.186. The Morgan fingerprint density at radius 2 is 1.79 bits per heavy atom. The Morgan fingerprint density at radius 1 is 1.00 bits per heavy atom. The number of benzene rings is 3. The highest BCUT2D eigenvalue weighted by atomic mass is 32.2. The Bertz CT molecular complexity index is 2250. The van der Waals surface area contributed by atoms with E-state index >= 15 is 0 Å². The maximum atomic E-state index is 14.9. The summed E-state index contributed by atoms with van der Waals surface area (Å²) in [6, 6.07) is 3.82. The zero-order valence-corrected chi connectivity index (χ0v) is 34.3. The number of thioether (sulfide) groups is 1. The molecule has 7 aliphatic heterocycles. The average Bonchev–Trinajstić information content (AvgIpc) is 3.68. The second-order valence-electron chi connectivity index (χ2n) is 16.6.